The standard InChI is InChI=1S/C23H20ClF3N2O5S/c24-15-4-3-11(21(30)29-14-6-16(25)19(27)17(26)7-14)5-18(15)35(32,33)20-12-1-2-13(20)9-23(8-12)10-28-22(31)34-23/h3-7,12-13,20H,1-2,8-10H2,(H,28,31)(H,29,30)/t12-,13?,20?,23?/m0/s1. The molecule has 0 aromatic heterocycles. The normalized spacial score (nSPS) is 27.5. The Hall–Kier alpha value is -2.79. The molecule has 0 radical (unpaired) electrons. The Labute approximate surface area is 203 Å². The average molecular weight is 529 g/mol. The van der Waals surface area contributed by atoms with E-state index in [1.165, 1.54) is 12.1 Å². The number of rotatable bonds is 4. The van der Waals surface area contributed by atoms with Crippen LogP contribution in [0.3, 0.4) is 0 Å². The second kappa shape index (κ2) is 8.41. The molecule has 1 saturated heterocycles. The quantitative estimate of drug-likeness (QED) is 0.571. The molecule has 12 heteroatoms. The zero-order chi connectivity index (χ0) is 25.1. The minimum Gasteiger partial charge on any atom is -0.441 e. The van der Waals surface area contributed by atoms with E-state index < -0.39 is 50.1 Å². The molecule has 35 heavy (non-hydrogen) atoms. The Kier molecular flexibility index (Phi) is 5.75. The van der Waals surface area contributed by atoms with Gasteiger partial charge in [-0.1, -0.05) is 11.6 Å². The van der Waals surface area contributed by atoms with Crippen molar-refractivity contribution in [1.29, 1.82) is 0 Å². The van der Waals surface area contributed by atoms with Crippen molar-refractivity contribution in [2.24, 2.45) is 11.8 Å². The third-order valence-corrected chi connectivity index (χ3v) is 9.95. The highest BCUT2D eigenvalue weighted by Gasteiger charge is 2.57. The van der Waals surface area contributed by atoms with Crippen LogP contribution in [0.1, 0.15) is 36.0 Å². The highest BCUT2D eigenvalue weighted by molar-refractivity contribution is 7.92. The van der Waals surface area contributed by atoms with Gasteiger partial charge in [0.2, 0.25) is 0 Å². The largest absolute Gasteiger partial charge is 0.441 e. The van der Waals surface area contributed by atoms with Crippen molar-refractivity contribution < 1.29 is 35.9 Å². The van der Waals surface area contributed by atoms with Crippen molar-refractivity contribution in [2.45, 2.75) is 41.4 Å². The van der Waals surface area contributed by atoms with E-state index in [9.17, 15) is 31.2 Å². The molecule has 2 aromatic rings. The molecule has 3 aliphatic rings. The van der Waals surface area contributed by atoms with Crippen LogP contribution in [-0.4, -0.2) is 37.8 Å². The maximum atomic E-state index is 13.7. The molecule has 1 spiro atoms. The number of amides is 2. The number of carbonyl (C=O) groups is 2. The molecule has 1 heterocycles. The van der Waals surface area contributed by atoms with E-state index in [0.29, 0.717) is 44.4 Å². The number of hydrogen-bond donors (Lipinski definition) is 2. The molecule has 2 saturated carbocycles. The van der Waals surface area contributed by atoms with Gasteiger partial charge < -0.3 is 15.4 Å². The third kappa shape index (κ3) is 4.14. The summed E-state index contributed by atoms with van der Waals surface area (Å²) in [5.74, 6) is -5.97. The van der Waals surface area contributed by atoms with E-state index >= 15 is 0 Å². The van der Waals surface area contributed by atoms with Gasteiger partial charge in [0.1, 0.15) is 5.60 Å². The van der Waals surface area contributed by atoms with Gasteiger partial charge in [-0.15, -0.1) is 0 Å². The van der Waals surface area contributed by atoms with Crippen LogP contribution in [0, 0.1) is 29.3 Å². The Morgan fingerprint density at radius 1 is 1.09 bits per heavy atom. The molecule has 3 fully saturated rings. The first-order chi connectivity index (χ1) is 16.5. The van der Waals surface area contributed by atoms with Crippen LogP contribution in [0.25, 0.3) is 0 Å². The Morgan fingerprint density at radius 2 is 1.71 bits per heavy atom. The van der Waals surface area contributed by atoms with Gasteiger partial charge in [0.25, 0.3) is 5.91 Å². The number of carbonyl (C=O) groups excluding carboxylic acids is 2. The topological polar surface area (TPSA) is 102 Å². The minimum absolute atomic E-state index is 0.0610. The summed E-state index contributed by atoms with van der Waals surface area (Å²) < 4.78 is 73.1. The highest BCUT2D eigenvalue weighted by Crippen LogP contribution is 2.53. The van der Waals surface area contributed by atoms with Gasteiger partial charge in [-0.2, -0.15) is 0 Å². The SMILES string of the molecule is O=C1NCC2(CC3CC[C@@H](C2)C3S(=O)(=O)c2cc(C(=O)Nc3cc(F)c(F)c(F)c3)ccc2Cl)O1. The predicted molar refractivity (Wildman–Crippen MR) is 119 cm³/mol. The Balaban J connectivity index is 1.41. The number of nitrogens with one attached hydrogen (secondary N) is 2. The van der Waals surface area contributed by atoms with Crippen molar-refractivity contribution >= 4 is 39.1 Å². The van der Waals surface area contributed by atoms with Crippen molar-refractivity contribution in [1.82, 2.24) is 5.32 Å². The first kappa shape index (κ1) is 23.9. The van der Waals surface area contributed by atoms with Gasteiger partial charge in [0, 0.05) is 23.4 Å². The lowest BCUT2D eigenvalue weighted by Crippen LogP contribution is -2.48. The molecule has 7 nitrogen and oxygen atoms in total. The lowest BCUT2D eigenvalue weighted by atomic mass is 9.77. The van der Waals surface area contributed by atoms with Crippen LogP contribution < -0.4 is 10.6 Å². The molecule has 4 atom stereocenters. The summed E-state index contributed by atoms with van der Waals surface area (Å²) in [6, 6.07) is 4.91. The average Bonchev–Trinajstić information content (AvgIpc) is 3.29. The molecule has 2 aromatic carbocycles. The second-order valence-corrected chi connectivity index (χ2v) is 11.8. The Bertz CT molecular complexity index is 1320. The molecular weight excluding hydrogens is 509 g/mol. The number of ether oxygens (including phenoxy) is 1. The fraction of sp³-hybridized carbons (Fsp3) is 0.391. The number of halogens is 4. The highest BCUT2D eigenvalue weighted by atomic mass is 35.5. The molecule has 2 N–H and O–H groups in total. The summed E-state index contributed by atoms with van der Waals surface area (Å²) in [7, 11) is -3.98. The zero-order valence-corrected chi connectivity index (χ0v) is 19.7. The van der Waals surface area contributed by atoms with E-state index in [1.54, 1.807) is 0 Å². The molecule has 2 bridgehead atoms. The van der Waals surface area contributed by atoms with E-state index in [2.05, 4.69) is 10.6 Å². The molecular formula is C23H20ClF3N2O5S. The van der Waals surface area contributed by atoms with Crippen molar-refractivity contribution in [3.63, 3.8) is 0 Å². The number of sulfone groups is 1. The van der Waals surface area contributed by atoms with Gasteiger partial charge in [-0.25, -0.2) is 26.4 Å². The first-order valence-corrected chi connectivity index (χ1v) is 12.9. The smallest absolute Gasteiger partial charge is 0.407 e. The zero-order valence-electron chi connectivity index (χ0n) is 18.1. The molecule has 2 aliphatic carbocycles. The first-order valence-electron chi connectivity index (χ1n) is 11.0. The summed E-state index contributed by atoms with van der Waals surface area (Å²) in [6.45, 7) is 0.340. The number of fused-ring (bicyclic) bond motifs is 2. The molecule has 5 rings (SSSR count). The monoisotopic (exact) mass is 528 g/mol. The number of hydrogen-bond acceptors (Lipinski definition) is 5. The number of alkyl carbamates (subject to hydrolysis) is 1. The summed E-state index contributed by atoms with van der Waals surface area (Å²) in [4.78, 5) is 24.1. The molecule has 3 unspecified atom stereocenters. The van der Waals surface area contributed by atoms with Gasteiger partial charge in [-0.3, -0.25) is 4.79 Å². The van der Waals surface area contributed by atoms with E-state index in [-0.39, 0.29) is 33.0 Å². The van der Waals surface area contributed by atoms with Crippen LogP contribution in [0.15, 0.2) is 35.2 Å². The van der Waals surface area contributed by atoms with Gasteiger partial charge in [0.05, 0.1) is 21.7 Å². The summed E-state index contributed by atoms with van der Waals surface area (Å²) >= 11 is 6.25. The van der Waals surface area contributed by atoms with Crippen LogP contribution >= 0.6 is 11.6 Å². The van der Waals surface area contributed by atoms with Crippen LogP contribution in [0.2, 0.25) is 5.02 Å². The van der Waals surface area contributed by atoms with Crippen molar-refractivity contribution in [2.75, 3.05) is 11.9 Å². The molecule has 1 aliphatic heterocycles. The summed E-state index contributed by atoms with van der Waals surface area (Å²) in [5.41, 5.74) is -1.15. The van der Waals surface area contributed by atoms with Crippen molar-refractivity contribution in [3.8, 4) is 0 Å². The van der Waals surface area contributed by atoms with Crippen LogP contribution in [-0.2, 0) is 14.6 Å². The van der Waals surface area contributed by atoms with Gasteiger partial charge in [-0.05, 0) is 55.7 Å². The maximum Gasteiger partial charge on any atom is 0.407 e. The second-order valence-electron chi connectivity index (χ2n) is 9.29. The van der Waals surface area contributed by atoms with E-state index in [4.69, 9.17) is 16.3 Å². The maximum absolute atomic E-state index is 13.7. The number of anilines is 1. The fourth-order valence-electron chi connectivity index (χ4n) is 5.69. The fourth-order valence-corrected chi connectivity index (χ4v) is 8.54. The van der Waals surface area contributed by atoms with E-state index in [0.717, 1.165) is 6.07 Å². The van der Waals surface area contributed by atoms with Crippen molar-refractivity contribution in [3.05, 3.63) is 58.4 Å². The van der Waals surface area contributed by atoms with Gasteiger partial charge in [0.15, 0.2) is 27.3 Å². The number of benzene rings is 2. The van der Waals surface area contributed by atoms with Crippen LogP contribution in [0.5, 0.6) is 0 Å². The third-order valence-electron chi connectivity index (χ3n) is 7.07. The molecule has 2 amide bonds. The Morgan fingerprint density at radius 3 is 2.29 bits per heavy atom. The predicted octanol–water partition coefficient (Wildman–Crippen LogP) is 4.45. The summed E-state index contributed by atoms with van der Waals surface area (Å²) in [6.07, 6.45) is 1.63. The lowest BCUT2D eigenvalue weighted by Gasteiger charge is -2.40. The van der Waals surface area contributed by atoms with Gasteiger partial charge >= 0.3 is 6.09 Å². The summed E-state index contributed by atoms with van der Waals surface area (Å²) in [5, 5.41) is 4.07. The molecule has 186 valence electrons. The van der Waals surface area contributed by atoms with Crippen LogP contribution in [0.4, 0.5) is 23.7 Å². The lowest BCUT2D eigenvalue weighted by molar-refractivity contribution is 0.00456. The minimum atomic E-state index is -3.98. The van der Waals surface area contributed by atoms with E-state index in [1.807, 2.05) is 0 Å².